The van der Waals surface area contributed by atoms with Crippen LogP contribution in [0.15, 0.2) is 33.9 Å². The van der Waals surface area contributed by atoms with Gasteiger partial charge in [0.15, 0.2) is 11.2 Å². The average molecular weight is 467 g/mol. The van der Waals surface area contributed by atoms with E-state index >= 15 is 0 Å². The third-order valence-corrected chi connectivity index (χ3v) is 7.71. The molecule has 1 aliphatic rings. The van der Waals surface area contributed by atoms with E-state index in [1.165, 1.54) is 11.1 Å². The van der Waals surface area contributed by atoms with Gasteiger partial charge in [0.05, 0.1) is 22.8 Å². The molecular weight excluding hydrogens is 436 g/mol. The molecule has 174 valence electrons. The predicted octanol–water partition coefficient (Wildman–Crippen LogP) is 4.04. The molecule has 0 amide bonds. The highest BCUT2D eigenvalue weighted by Crippen LogP contribution is 2.36. The van der Waals surface area contributed by atoms with Gasteiger partial charge in [0.1, 0.15) is 10.8 Å². The summed E-state index contributed by atoms with van der Waals surface area (Å²) in [5.41, 5.74) is 1.32. The maximum atomic E-state index is 12.7. The van der Waals surface area contributed by atoms with E-state index in [1.807, 2.05) is 17.6 Å². The van der Waals surface area contributed by atoms with Crippen LogP contribution in [0, 0.1) is 0 Å². The summed E-state index contributed by atoms with van der Waals surface area (Å²) in [5.74, 6) is 0.835. The first-order valence-electron chi connectivity index (χ1n) is 11.9. The molecule has 1 N–H and O–H groups in total. The second-order valence-corrected chi connectivity index (χ2v) is 9.77. The number of para-hydroxylation sites is 1. The zero-order chi connectivity index (χ0) is 22.9. The van der Waals surface area contributed by atoms with Crippen LogP contribution < -0.4 is 11.2 Å². The molecule has 1 atom stereocenters. The summed E-state index contributed by atoms with van der Waals surface area (Å²) < 4.78 is 4.81. The Morgan fingerprint density at radius 3 is 2.76 bits per heavy atom. The van der Waals surface area contributed by atoms with Crippen LogP contribution in [0.5, 0.6) is 0 Å². The minimum Gasteiger partial charge on any atom is -0.321 e. The van der Waals surface area contributed by atoms with Crippen molar-refractivity contribution in [2.75, 3.05) is 6.54 Å². The van der Waals surface area contributed by atoms with Crippen LogP contribution in [0.2, 0.25) is 0 Å². The molecule has 0 unspecified atom stereocenters. The van der Waals surface area contributed by atoms with Gasteiger partial charge in [0.25, 0.3) is 5.56 Å². The lowest BCUT2D eigenvalue weighted by Crippen LogP contribution is -2.34. The van der Waals surface area contributed by atoms with E-state index < -0.39 is 0 Å². The maximum absolute atomic E-state index is 12.7. The number of benzene rings is 1. The Kier molecular flexibility index (Phi) is 6.16. The van der Waals surface area contributed by atoms with Crippen molar-refractivity contribution in [3.63, 3.8) is 0 Å². The number of nitrogens with one attached hydrogen (secondary N) is 1. The second-order valence-electron chi connectivity index (χ2n) is 8.71. The number of H-pyrrole nitrogens is 1. The van der Waals surface area contributed by atoms with Crippen molar-refractivity contribution < 1.29 is 0 Å². The number of piperidine rings is 1. The molecule has 5 rings (SSSR count). The van der Waals surface area contributed by atoms with Crippen molar-refractivity contribution in [1.82, 2.24) is 29.0 Å². The van der Waals surface area contributed by atoms with Crippen LogP contribution in [0.3, 0.4) is 0 Å². The van der Waals surface area contributed by atoms with E-state index in [0.717, 1.165) is 48.6 Å². The van der Waals surface area contributed by atoms with E-state index in [1.54, 1.807) is 15.9 Å². The van der Waals surface area contributed by atoms with E-state index in [0.29, 0.717) is 30.8 Å². The number of hydrogen-bond acceptors (Lipinski definition) is 6. The van der Waals surface area contributed by atoms with Crippen LogP contribution in [-0.4, -0.2) is 35.5 Å². The predicted molar refractivity (Wildman–Crippen MR) is 132 cm³/mol. The third kappa shape index (κ3) is 4.04. The fourth-order valence-corrected chi connectivity index (χ4v) is 6.01. The number of aryl methyl sites for hydroxylation is 2. The molecule has 0 radical (unpaired) electrons. The van der Waals surface area contributed by atoms with E-state index in [9.17, 15) is 9.59 Å². The Balaban J connectivity index is 1.54. The highest BCUT2D eigenvalue weighted by molar-refractivity contribution is 7.18. The van der Waals surface area contributed by atoms with Crippen LogP contribution >= 0.6 is 11.3 Å². The lowest BCUT2D eigenvalue weighted by Gasteiger charge is -2.34. The van der Waals surface area contributed by atoms with Crippen LogP contribution in [0.1, 0.15) is 62.8 Å². The van der Waals surface area contributed by atoms with Gasteiger partial charge in [0.2, 0.25) is 0 Å². The van der Waals surface area contributed by atoms with Crippen molar-refractivity contribution in [1.29, 1.82) is 0 Å². The second kappa shape index (κ2) is 9.23. The summed E-state index contributed by atoms with van der Waals surface area (Å²) in [6, 6.07) is 8.52. The first-order chi connectivity index (χ1) is 16.1. The summed E-state index contributed by atoms with van der Waals surface area (Å²) in [4.78, 5) is 40.0. The van der Waals surface area contributed by atoms with Gasteiger partial charge in [-0.05, 0) is 44.9 Å². The smallest absolute Gasteiger partial charge is 0.321 e. The fourth-order valence-electron chi connectivity index (χ4n) is 4.88. The zero-order valence-corrected chi connectivity index (χ0v) is 20.0. The number of imidazole rings is 1. The molecule has 9 heteroatoms. The number of thiazole rings is 1. The maximum Gasteiger partial charge on any atom is 0.330 e. The minimum absolute atomic E-state index is 0.238. The largest absolute Gasteiger partial charge is 0.330 e. The lowest BCUT2D eigenvalue weighted by atomic mass is 10.0. The number of hydrogen-bond donors (Lipinski definition) is 1. The fraction of sp³-hybridized carbons (Fsp3) is 0.500. The van der Waals surface area contributed by atoms with Crippen LogP contribution in [0.4, 0.5) is 0 Å². The number of nitrogens with zero attached hydrogens (tertiary/aromatic N) is 5. The van der Waals surface area contributed by atoms with Gasteiger partial charge in [-0.25, -0.2) is 14.8 Å². The number of rotatable bonds is 7. The monoisotopic (exact) mass is 466 g/mol. The van der Waals surface area contributed by atoms with Gasteiger partial charge in [0, 0.05) is 13.1 Å². The SMILES string of the molecule is CCCCn1c(=O)[nH]c(=O)c2c1nc(CN1CCCC[C@@H]1c1nc3ccccc3s1)n2CC. The van der Waals surface area contributed by atoms with Crippen molar-refractivity contribution >= 4 is 32.7 Å². The van der Waals surface area contributed by atoms with Crippen molar-refractivity contribution in [3.8, 4) is 0 Å². The number of fused-ring (bicyclic) bond motifs is 2. The van der Waals surface area contributed by atoms with Crippen molar-refractivity contribution in [3.05, 3.63) is 55.9 Å². The summed E-state index contributed by atoms with van der Waals surface area (Å²) in [6.07, 6.45) is 5.20. The molecule has 4 heterocycles. The first kappa shape index (κ1) is 22.0. The molecular formula is C24H30N6O2S. The molecule has 0 spiro atoms. The van der Waals surface area contributed by atoms with Gasteiger partial charge >= 0.3 is 5.69 Å². The number of unbranched alkanes of at least 4 members (excludes halogenated alkanes) is 1. The molecule has 1 aliphatic heterocycles. The van der Waals surface area contributed by atoms with E-state index in [-0.39, 0.29) is 17.3 Å². The van der Waals surface area contributed by atoms with Gasteiger partial charge in [-0.2, -0.15) is 0 Å². The normalized spacial score (nSPS) is 17.3. The Hall–Kier alpha value is -2.78. The molecule has 0 bridgehead atoms. The molecule has 3 aromatic heterocycles. The van der Waals surface area contributed by atoms with Crippen molar-refractivity contribution in [2.45, 2.75) is 71.6 Å². The van der Waals surface area contributed by atoms with Crippen LogP contribution in [-0.2, 0) is 19.6 Å². The van der Waals surface area contributed by atoms with Gasteiger partial charge in [-0.3, -0.25) is 19.2 Å². The summed E-state index contributed by atoms with van der Waals surface area (Å²) in [6.45, 7) is 6.88. The third-order valence-electron chi connectivity index (χ3n) is 6.57. The molecule has 4 aromatic rings. The Morgan fingerprint density at radius 2 is 1.97 bits per heavy atom. The molecule has 33 heavy (non-hydrogen) atoms. The minimum atomic E-state index is -0.376. The summed E-state index contributed by atoms with van der Waals surface area (Å²) in [5, 5.41) is 1.15. The molecule has 0 aliphatic carbocycles. The molecule has 8 nitrogen and oxygen atoms in total. The van der Waals surface area contributed by atoms with Crippen LogP contribution in [0.25, 0.3) is 21.4 Å². The Bertz CT molecular complexity index is 1360. The van der Waals surface area contributed by atoms with E-state index in [4.69, 9.17) is 9.97 Å². The summed E-state index contributed by atoms with van der Waals surface area (Å²) >= 11 is 1.77. The topological polar surface area (TPSA) is 88.8 Å². The quantitative estimate of drug-likeness (QED) is 0.444. The molecule has 1 aromatic carbocycles. The lowest BCUT2D eigenvalue weighted by molar-refractivity contribution is 0.135. The molecule has 0 saturated carbocycles. The first-order valence-corrected chi connectivity index (χ1v) is 12.7. The highest BCUT2D eigenvalue weighted by Gasteiger charge is 2.29. The zero-order valence-electron chi connectivity index (χ0n) is 19.2. The van der Waals surface area contributed by atoms with Gasteiger partial charge in [-0.15, -0.1) is 11.3 Å². The number of aromatic nitrogens is 5. The van der Waals surface area contributed by atoms with Gasteiger partial charge < -0.3 is 4.57 Å². The standard InChI is InChI=1S/C24H30N6O2S/c1-3-5-14-30-21-20(22(31)27-24(30)32)29(4-2)19(26-21)15-28-13-9-8-11-17(28)23-25-16-10-6-7-12-18(16)33-23/h6-7,10,12,17H,3-5,8-9,11,13-15H2,1-2H3,(H,27,31,32)/t17-/m1/s1. The molecule has 1 fully saturated rings. The molecule has 1 saturated heterocycles. The van der Waals surface area contributed by atoms with Gasteiger partial charge in [-0.1, -0.05) is 31.9 Å². The summed E-state index contributed by atoms with van der Waals surface area (Å²) in [7, 11) is 0. The number of likely N-dealkylation sites (tertiary alicyclic amines) is 1. The Labute approximate surface area is 195 Å². The number of aromatic amines is 1. The van der Waals surface area contributed by atoms with Crippen molar-refractivity contribution in [2.24, 2.45) is 0 Å². The Morgan fingerprint density at radius 1 is 1.12 bits per heavy atom. The average Bonchev–Trinajstić information content (AvgIpc) is 3.41. The highest BCUT2D eigenvalue weighted by atomic mass is 32.1. The van der Waals surface area contributed by atoms with E-state index in [2.05, 4.69) is 35.0 Å².